The van der Waals surface area contributed by atoms with Crippen molar-refractivity contribution >= 4 is 23.6 Å². The maximum Gasteiger partial charge on any atom is 0.326 e. The van der Waals surface area contributed by atoms with E-state index in [9.17, 15) is 19.1 Å². The minimum absolute atomic E-state index is 0.0647. The fourth-order valence-corrected chi connectivity index (χ4v) is 5.60. The number of carboxylic acids is 1. The molecule has 1 heterocycles. The van der Waals surface area contributed by atoms with Gasteiger partial charge in [-0.05, 0) is 56.8 Å². The second-order valence-corrected chi connectivity index (χ2v) is 8.49. The lowest BCUT2D eigenvalue weighted by Crippen LogP contribution is -2.71. The van der Waals surface area contributed by atoms with Crippen LogP contribution in [0.25, 0.3) is 0 Å². The van der Waals surface area contributed by atoms with Crippen LogP contribution in [0.15, 0.2) is 30.3 Å². The average molecular weight is 410 g/mol. The van der Waals surface area contributed by atoms with E-state index in [4.69, 9.17) is 0 Å². The van der Waals surface area contributed by atoms with Gasteiger partial charge in [-0.15, -0.1) is 11.8 Å². The van der Waals surface area contributed by atoms with E-state index in [1.165, 1.54) is 16.7 Å². The summed E-state index contributed by atoms with van der Waals surface area (Å²) in [6.45, 7) is 3.97. The molecule has 1 N–H and O–H groups in total. The molecule has 0 aliphatic carbocycles. The van der Waals surface area contributed by atoms with Crippen LogP contribution in [0.2, 0.25) is 0 Å². The molecule has 3 unspecified atom stereocenters. The Bertz CT molecular complexity index is 650. The lowest BCUT2D eigenvalue weighted by atomic mass is 9.72. The van der Waals surface area contributed by atoms with Crippen molar-refractivity contribution in [3.05, 3.63) is 35.9 Å². The normalized spacial score (nSPS) is 20.5. The number of hydrogen-bond donors (Lipinski definition) is 1. The van der Waals surface area contributed by atoms with Gasteiger partial charge in [0.05, 0.1) is 10.8 Å². The Morgan fingerprint density at radius 1 is 1.21 bits per heavy atom. The molecule has 1 aromatic carbocycles. The number of halogens is 1. The van der Waals surface area contributed by atoms with Crippen molar-refractivity contribution in [3.8, 4) is 0 Å². The van der Waals surface area contributed by atoms with E-state index in [1.807, 2.05) is 50.4 Å². The number of carbonyl (C=O) groups is 2. The lowest BCUT2D eigenvalue weighted by molar-refractivity contribution is -0.176. The minimum Gasteiger partial charge on any atom is -0.480 e. The summed E-state index contributed by atoms with van der Waals surface area (Å²) in [4.78, 5) is 26.1. The zero-order valence-corrected chi connectivity index (χ0v) is 17.9. The molecule has 1 aliphatic heterocycles. The predicted molar refractivity (Wildman–Crippen MR) is 112 cm³/mol. The first kappa shape index (κ1) is 22.7. The van der Waals surface area contributed by atoms with Gasteiger partial charge in [-0.1, -0.05) is 44.2 Å². The van der Waals surface area contributed by atoms with Gasteiger partial charge in [-0.3, -0.25) is 4.79 Å². The van der Waals surface area contributed by atoms with Gasteiger partial charge in [0.25, 0.3) is 0 Å². The molecule has 4 nitrogen and oxygen atoms in total. The van der Waals surface area contributed by atoms with Crippen LogP contribution in [0.5, 0.6) is 0 Å². The van der Waals surface area contributed by atoms with Crippen LogP contribution >= 0.6 is 11.8 Å². The number of likely N-dealkylation sites (tertiary alicyclic amines) is 1. The van der Waals surface area contributed by atoms with Crippen LogP contribution in [-0.4, -0.2) is 45.7 Å². The Hall–Kier alpha value is -1.56. The first-order valence-electron chi connectivity index (χ1n) is 10.2. The van der Waals surface area contributed by atoms with Crippen molar-refractivity contribution in [1.82, 2.24) is 4.90 Å². The minimum atomic E-state index is -0.993. The number of carboxylic acid groups (broad SMARTS) is 1. The number of amides is 1. The highest BCUT2D eigenvalue weighted by Gasteiger charge is 2.60. The van der Waals surface area contributed by atoms with Crippen LogP contribution in [-0.2, 0) is 16.0 Å². The van der Waals surface area contributed by atoms with Gasteiger partial charge in [0.2, 0.25) is 5.91 Å². The fourth-order valence-electron chi connectivity index (χ4n) is 4.24. The third-order valence-corrected chi connectivity index (χ3v) is 7.20. The zero-order chi connectivity index (χ0) is 20.7. The smallest absolute Gasteiger partial charge is 0.326 e. The zero-order valence-electron chi connectivity index (χ0n) is 17.1. The van der Waals surface area contributed by atoms with Gasteiger partial charge in [-0.25, -0.2) is 9.18 Å². The topological polar surface area (TPSA) is 57.6 Å². The standard InChI is InChI=1S/C22H32FNO3S/c1-4-22(5-2)20(27)24(21(22)28-3)18(19(25)26)13-9-12-17(23)15-14-16-10-7-6-8-11-16/h6-8,10-11,17-18,21H,4-5,9,12-15H2,1-3H3,(H,25,26). The molecule has 1 aromatic rings. The van der Waals surface area contributed by atoms with Gasteiger partial charge in [0.15, 0.2) is 0 Å². The summed E-state index contributed by atoms with van der Waals surface area (Å²) in [6.07, 6.45) is 4.59. The number of rotatable bonds is 12. The number of aliphatic carboxylic acids is 1. The molecule has 0 radical (unpaired) electrons. The molecular weight excluding hydrogens is 377 g/mol. The summed E-state index contributed by atoms with van der Waals surface area (Å²) in [7, 11) is 0. The van der Waals surface area contributed by atoms with Crippen molar-refractivity contribution in [3.63, 3.8) is 0 Å². The quantitative estimate of drug-likeness (QED) is 0.498. The van der Waals surface area contributed by atoms with Crippen molar-refractivity contribution in [1.29, 1.82) is 0 Å². The Labute approximate surface area is 171 Å². The molecule has 1 amide bonds. The maximum atomic E-state index is 14.3. The van der Waals surface area contributed by atoms with Gasteiger partial charge in [0.1, 0.15) is 12.2 Å². The third-order valence-electron chi connectivity index (χ3n) is 6.08. The molecule has 0 bridgehead atoms. The summed E-state index contributed by atoms with van der Waals surface area (Å²) in [5.74, 6) is -1.06. The molecule has 3 atom stereocenters. The molecule has 156 valence electrons. The van der Waals surface area contributed by atoms with Gasteiger partial charge in [-0.2, -0.15) is 0 Å². The summed E-state index contributed by atoms with van der Waals surface area (Å²) >= 11 is 1.54. The Morgan fingerprint density at radius 2 is 1.86 bits per heavy atom. The van der Waals surface area contributed by atoms with E-state index in [-0.39, 0.29) is 11.3 Å². The third kappa shape index (κ3) is 4.70. The van der Waals surface area contributed by atoms with E-state index >= 15 is 0 Å². The molecule has 2 rings (SSSR count). The monoisotopic (exact) mass is 409 g/mol. The fraction of sp³-hybridized carbons (Fsp3) is 0.636. The van der Waals surface area contributed by atoms with Crippen LogP contribution in [0.3, 0.4) is 0 Å². The molecule has 1 fully saturated rings. The summed E-state index contributed by atoms with van der Waals surface area (Å²) < 4.78 is 14.3. The highest BCUT2D eigenvalue weighted by Crippen LogP contribution is 2.50. The van der Waals surface area contributed by atoms with Crippen molar-refractivity contribution in [2.75, 3.05) is 6.26 Å². The molecule has 1 saturated heterocycles. The number of nitrogens with zero attached hydrogens (tertiary/aromatic N) is 1. The molecule has 28 heavy (non-hydrogen) atoms. The maximum absolute atomic E-state index is 14.3. The number of β-lactam (4-membered cyclic amide) rings is 1. The van der Waals surface area contributed by atoms with E-state index in [0.29, 0.717) is 44.9 Å². The highest BCUT2D eigenvalue weighted by molar-refractivity contribution is 7.99. The van der Waals surface area contributed by atoms with E-state index < -0.39 is 23.6 Å². The Morgan fingerprint density at radius 3 is 2.39 bits per heavy atom. The van der Waals surface area contributed by atoms with Crippen molar-refractivity contribution in [2.24, 2.45) is 5.41 Å². The van der Waals surface area contributed by atoms with Crippen LogP contribution in [0, 0.1) is 5.41 Å². The van der Waals surface area contributed by atoms with E-state index in [2.05, 4.69) is 0 Å². The summed E-state index contributed by atoms with van der Waals surface area (Å²) in [6, 6.07) is 8.93. The van der Waals surface area contributed by atoms with Gasteiger partial charge in [0, 0.05) is 0 Å². The molecule has 0 aromatic heterocycles. The first-order valence-corrected chi connectivity index (χ1v) is 11.5. The molecular formula is C22H32FNO3S. The largest absolute Gasteiger partial charge is 0.480 e. The average Bonchev–Trinajstić information content (AvgIpc) is 2.70. The molecule has 0 saturated carbocycles. The predicted octanol–water partition coefficient (Wildman–Crippen LogP) is 4.92. The molecule has 6 heteroatoms. The first-order chi connectivity index (χ1) is 13.4. The number of aryl methyl sites for hydroxylation is 1. The number of hydrogen-bond acceptors (Lipinski definition) is 3. The molecule has 0 spiro atoms. The molecule has 1 aliphatic rings. The van der Waals surface area contributed by atoms with Crippen LogP contribution < -0.4 is 0 Å². The SMILES string of the molecule is CCC1(CC)C(=O)N(C(CCCC(F)CCc2ccccc2)C(=O)O)C1SC. The van der Waals surface area contributed by atoms with Crippen LogP contribution in [0.4, 0.5) is 4.39 Å². The van der Waals surface area contributed by atoms with Gasteiger partial charge < -0.3 is 10.0 Å². The Kier molecular flexibility index (Phi) is 8.35. The highest BCUT2D eigenvalue weighted by atomic mass is 32.2. The summed E-state index contributed by atoms with van der Waals surface area (Å²) in [5.41, 5.74) is 0.656. The number of carbonyl (C=O) groups excluding carboxylic acids is 1. The number of thioether (sulfide) groups is 1. The van der Waals surface area contributed by atoms with Gasteiger partial charge >= 0.3 is 5.97 Å². The van der Waals surface area contributed by atoms with E-state index in [1.54, 1.807) is 0 Å². The Balaban J connectivity index is 1.88. The van der Waals surface area contributed by atoms with Crippen molar-refractivity contribution < 1.29 is 19.1 Å². The lowest BCUT2D eigenvalue weighted by Gasteiger charge is -2.57. The van der Waals surface area contributed by atoms with E-state index in [0.717, 1.165) is 5.56 Å². The van der Waals surface area contributed by atoms with Crippen molar-refractivity contribution in [2.45, 2.75) is 76.4 Å². The number of alkyl halides is 1. The second kappa shape index (κ2) is 10.3. The second-order valence-electron chi connectivity index (χ2n) is 7.57. The van der Waals surface area contributed by atoms with Crippen LogP contribution in [0.1, 0.15) is 57.9 Å². The summed E-state index contributed by atoms with van der Waals surface area (Å²) in [5, 5.41) is 9.56. The number of benzene rings is 1.